The van der Waals surface area contributed by atoms with Gasteiger partial charge in [-0.05, 0) is 80.9 Å². The number of ether oxygens (including phenoxy) is 1. The standard InChI is InChI=1S/C35H44N2O7S/c38-34(44-32(22-12-20-28-14-4-1-5-15-28)23-13-21-29-16-6-2-7-17-29)33-24-10-11-25-37(33)35(39)36-31(27-43-45(40,41)42)26-30-18-8-3-9-19-30/h1-9,14-19,31-33H,10-13,20-27H2,(H,36,39)(H,40,41,42)/t31-,33+/m1/s1. The average molecular weight is 637 g/mol. The number of carbonyl (C=O) groups excluding carboxylic acids is 2. The molecule has 0 aliphatic carbocycles. The van der Waals surface area contributed by atoms with Crippen molar-refractivity contribution in [1.82, 2.24) is 10.2 Å². The molecule has 3 aromatic carbocycles. The number of amides is 2. The number of nitrogens with one attached hydrogen (secondary N) is 1. The zero-order chi connectivity index (χ0) is 31.9. The summed E-state index contributed by atoms with van der Waals surface area (Å²) >= 11 is 0. The molecule has 4 rings (SSSR count). The van der Waals surface area contributed by atoms with E-state index in [4.69, 9.17) is 9.29 Å². The summed E-state index contributed by atoms with van der Waals surface area (Å²) in [7, 11) is -4.70. The van der Waals surface area contributed by atoms with Crippen LogP contribution in [0.1, 0.15) is 61.6 Å². The number of urea groups is 1. The van der Waals surface area contributed by atoms with Crippen molar-refractivity contribution >= 4 is 22.4 Å². The molecule has 1 saturated heterocycles. The van der Waals surface area contributed by atoms with Gasteiger partial charge in [-0.3, -0.25) is 4.55 Å². The number of esters is 1. The summed E-state index contributed by atoms with van der Waals surface area (Å²) in [5, 5.41) is 2.83. The van der Waals surface area contributed by atoms with E-state index in [1.54, 1.807) is 0 Å². The number of rotatable bonds is 16. The predicted octanol–water partition coefficient (Wildman–Crippen LogP) is 5.94. The Kier molecular flexibility index (Phi) is 13.4. The van der Waals surface area contributed by atoms with Crippen LogP contribution in [0.4, 0.5) is 4.79 Å². The van der Waals surface area contributed by atoms with Gasteiger partial charge in [0.1, 0.15) is 12.1 Å². The van der Waals surface area contributed by atoms with Crippen molar-refractivity contribution in [2.24, 2.45) is 0 Å². The molecule has 2 atom stereocenters. The number of hydrogen-bond acceptors (Lipinski definition) is 6. The predicted molar refractivity (Wildman–Crippen MR) is 173 cm³/mol. The molecule has 0 spiro atoms. The van der Waals surface area contributed by atoms with Gasteiger partial charge in [0.25, 0.3) is 0 Å². The topological polar surface area (TPSA) is 122 Å². The first-order valence-electron chi connectivity index (χ1n) is 15.8. The van der Waals surface area contributed by atoms with Gasteiger partial charge in [0, 0.05) is 6.54 Å². The molecule has 1 aliphatic heterocycles. The number of aryl methyl sites for hydroxylation is 2. The van der Waals surface area contributed by atoms with Gasteiger partial charge in [-0.1, -0.05) is 91.0 Å². The number of nitrogens with zero attached hydrogens (tertiary/aromatic N) is 1. The van der Waals surface area contributed by atoms with Gasteiger partial charge in [-0.2, -0.15) is 8.42 Å². The van der Waals surface area contributed by atoms with Crippen molar-refractivity contribution in [2.75, 3.05) is 13.2 Å². The fraction of sp³-hybridized carbons (Fsp3) is 0.429. The van der Waals surface area contributed by atoms with Crippen LogP contribution in [0.5, 0.6) is 0 Å². The minimum atomic E-state index is -4.70. The van der Waals surface area contributed by atoms with E-state index in [1.165, 1.54) is 16.0 Å². The summed E-state index contributed by atoms with van der Waals surface area (Å²) in [6, 6.07) is 27.7. The Labute approximate surface area is 266 Å². The van der Waals surface area contributed by atoms with Gasteiger partial charge in [0.05, 0.1) is 12.6 Å². The lowest BCUT2D eigenvalue weighted by Gasteiger charge is -2.36. The summed E-state index contributed by atoms with van der Waals surface area (Å²) in [6.45, 7) is -0.0805. The van der Waals surface area contributed by atoms with E-state index < -0.39 is 41.1 Å². The first-order chi connectivity index (χ1) is 21.8. The SMILES string of the molecule is O=C(OC(CCCc1ccccc1)CCCc1ccccc1)[C@@H]1CCCCN1C(=O)N[C@@H](COS(=O)(=O)O)Cc1ccccc1. The molecule has 2 amide bonds. The van der Waals surface area contributed by atoms with E-state index >= 15 is 0 Å². The molecule has 2 N–H and O–H groups in total. The lowest BCUT2D eigenvalue weighted by Crippen LogP contribution is -2.55. The van der Waals surface area contributed by atoms with Crippen LogP contribution in [0.3, 0.4) is 0 Å². The first-order valence-corrected chi connectivity index (χ1v) is 17.1. The molecule has 1 heterocycles. The average Bonchev–Trinajstić information content (AvgIpc) is 3.04. The second-order valence-electron chi connectivity index (χ2n) is 11.6. The molecular weight excluding hydrogens is 592 g/mol. The number of carbonyl (C=O) groups is 2. The van der Waals surface area contributed by atoms with Crippen LogP contribution in [0.2, 0.25) is 0 Å². The molecule has 0 saturated carbocycles. The fourth-order valence-electron chi connectivity index (χ4n) is 5.76. The van der Waals surface area contributed by atoms with Crippen molar-refractivity contribution in [3.63, 3.8) is 0 Å². The number of benzene rings is 3. The Morgan fingerprint density at radius 3 is 1.89 bits per heavy atom. The minimum Gasteiger partial charge on any atom is -0.461 e. The highest BCUT2D eigenvalue weighted by Gasteiger charge is 2.35. The van der Waals surface area contributed by atoms with Crippen molar-refractivity contribution in [2.45, 2.75) is 82.4 Å². The van der Waals surface area contributed by atoms with Gasteiger partial charge < -0.3 is 15.0 Å². The summed E-state index contributed by atoms with van der Waals surface area (Å²) < 4.78 is 42.5. The second kappa shape index (κ2) is 17.7. The molecule has 3 aromatic rings. The summed E-state index contributed by atoms with van der Waals surface area (Å²) in [5.74, 6) is -0.414. The van der Waals surface area contributed by atoms with Gasteiger partial charge in [-0.15, -0.1) is 0 Å². The maximum absolute atomic E-state index is 13.6. The molecule has 9 nitrogen and oxygen atoms in total. The van der Waals surface area contributed by atoms with Gasteiger partial charge in [0.15, 0.2) is 0 Å². The lowest BCUT2D eigenvalue weighted by atomic mass is 10.00. The molecule has 0 aromatic heterocycles. The van der Waals surface area contributed by atoms with E-state index in [2.05, 4.69) is 33.8 Å². The Morgan fingerprint density at radius 2 is 1.36 bits per heavy atom. The summed E-state index contributed by atoms with van der Waals surface area (Å²) in [5.41, 5.74) is 3.33. The van der Waals surface area contributed by atoms with Crippen LogP contribution in [0, 0.1) is 0 Å². The van der Waals surface area contributed by atoms with Crippen molar-refractivity contribution in [3.8, 4) is 0 Å². The van der Waals surface area contributed by atoms with Crippen LogP contribution in [0.25, 0.3) is 0 Å². The van der Waals surface area contributed by atoms with E-state index in [9.17, 15) is 18.0 Å². The minimum absolute atomic E-state index is 0.272. The molecule has 0 radical (unpaired) electrons. The van der Waals surface area contributed by atoms with Crippen LogP contribution >= 0.6 is 0 Å². The highest BCUT2D eigenvalue weighted by atomic mass is 32.3. The lowest BCUT2D eigenvalue weighted by molar-refractivity contribution is -0.156. The summed E-state index contributed by atoms with van der Waals surface area (Å²) in [4.78, 5) is 28.7. The molecule has 242 valence electrons. The van der Waals surface area contributed by atoms with E-state index in [-0.39, 0.29) is 12.5 Å². The molecule has 0 unspecified atom stereocenters. The smallest absolute Gasteiger partial charge is 0.397 e. The zero-order valence-corrected chi connectivity index (χ0v) is 26.4. The van der Waals surface area contributed by atoms with Crippen LogP contribution in [-0.2, 0) is 43.4 Å². The monoisotopic (exact) mass is 636 g/mol. The van der Waals surface area contributed by atoms with Crippen molar-refractivity contribution in [3.05, 3.63) is 108 Å². The first kappa shape index (κ1) is 34.1. The Bertz CT molecular complexity index is 1380. The van der Waals surface area contributed by atoms with Crippen LogP contribution in [-0.4, -0.2) is 61.2 Å². The molecule has 1 aliphatic rings. The number of hydrogen-bond donors (Lipinski definition) is 2. The molecule has 1 fully saturated rings. The van der Waals surface area contributed by atoms with Gasteiger partial charge in [0.2, 0.25) is 0 Å². The Hall–Kier alpha value is -3.73. The number of likely N-dealkylation sites (tertiary alicyclic amines) is 1. The maximum Gasteiger partial charge on any atom is 0.397 e. The third-order valence-corrected chi connectivity index (χ3v) is 8.49. The van der Waals surface area contributed by atoms with E-state index in [0.717, 1.165) is 56.9 Å². The van der Waals surface area contributed by atoms with Crippen LogP contribution in [0.15, 0.2) is 91.0 Å². The molecular formula is C35H44N2O7S. The molecule has 10 heteroatoms. The quantitative estimate of drug-likeness (QED) is 0.147. The van der Waals surface area contributed by atoms with E-state index in [0.29, 0.717) is 13.0 Å². The molecule has 45 heavy (non-hydrogen) atoms. The van der Waals surface area contributed by atoms with Crippen LogP contribution < -0.4 is 5.32 Å². The fourth-order valence-corrected chi connectivity index (χ4v) is 6.09. The second-order valence-corrected chi connectivity index (χ2v) is 12.7. The zero-order valence-electron chi connectivity index (χ0n) is 25.6. The third kappa shape index (κ3) is 12.3. The van der Waals surface area contributed by atoms with Gasteiger partial charge >= 0.3 is 22.4 Å². The normalized spacial score (nSPS) is 15.9. The van der Waals surface area contributed by atoms with Crippen molar-refractivity contribution in [1.29, 1.82) is 0 Å². The van der Waals surface area contributed by atoms with E-state index in [1.807, 2.05) is 66.7 Å². The molecule has 0 bridgehead atoms. The number of piperidine rings is 1. The highest BCUT2D eigenvalue weighted by molar-refractivity contribution is 7.80. The third-order valence-electron chi connectivity index (χ3n) is 8.06. The maximum atomic E-state index is 13.6. The van der Waals surface area contributed by atoms with Crippen molar-refractivity contribution < 1.29 is 31.5 Å². The highest BCUT2D eigenvalue weighted by Crippen LogP contribution is 2.22. The summed E-state index contributed by atoms with van der Waals surface area (Å²) in [6.07, 6.45) is 6.98. The largest absolute Gasteiger partial charge is 0.461 e. The Balaban J connectivity index is 1.39. The van der Waals surface area contributed by atoms with Gasteiger partial charge in [-0.25, -0.2) is 13.8 Å². The Morgan fingerprint density at radius 1 is 0.822 bits per heavy atom.